The largest absolute Gasteiger partial charge is 0.497 e. The summed E-state index contributed by atoms with van der Waals surface area (Å²) in [4.78, 5) is 16.0. The van der Waals surface area contributed by atoms with Crippen LogP contribution in [0.15, 0.2) is 57.3 Å². The SMILES string of the molecule is COc1ccc(CSc2nc(SC)nc3c2sc2nc(-c4ccco4)c4c(c23)CC(C)(C)OC4)cc1. The molecule has 4 aromatic heterocycles. The fourth-order valence-corrected chi connectivity index (χ4v) is 7.14. The molecule has 9 heteroatoms. The first-order valence-electron chi connectivity index (χ1n) is 11.6. The first kappa shape index (κ1) is 23.8. The minimum absolute atomic E-state index is 0.267. The van der Waals surface area contributed by atoms with E-state index in [4.69, 9.17) is 28.8 Å². The molecule has 1 aliphatic heterocycles. The van der Waals surface area contributed by atoms with Crippen molar-refractivity contribution in [1.82, 2.24) is 15.0 Å². The van der Waals surface area contributed by atoms with Crippen molar-refractivity contribution in [2.75, 3.05) is 13.4 Å². The van der Waals surface area contributed by atoms with Gasteiger partial charge >= 0.3 is 0 Å². The van der Waals surface area contributed by atoms with Crippen LogP contribution in [-0.4, -0.2) is 33.9 Å². The second-order valence-electron chi connectivity index (χ2n) is 9.23. The van der Waals surface area contributed by atoms with Gasteiger partial charge in [0.25, 0.3) is 0 Å². The van der Waals surface area contributed by atoms with Gasteiger partial charge in [-0.2, -0.15) is 0 Å². The molecule has 0 radical (unpaired) electrons. The average molecular weight is 536 g/mol. The van der Waals surface area contributed by atoms with Crippen molar-refractivity contribution in [3.8, 4) is 17.2 Å². The van der Waals surface area contributed by atoms with Crippen LogP contribution in [0.1, 0.15) is 30.5 Å². The van der Waals surface area contributed by atoms with Crippen molar-refractivity contribution in [1.29, 1.82) is 0 Å². The first-order chi connectivity index (χ1) is 17.5. The number of benzene rings is 1. The monoisotopic (exact) mass is 535 g/mol. The average Bonchev–Trinajstić information content (AvgIpc) is 3.54. The molecule has 36 heavy (non-hydrogen) atoms. The number of hydrogen-bond acceptors (Lipinski definition) is 9. The number of aromatic nitrogens is 3. The minimum Gasteiger partial charge on any atom is -0.497 e. The predicted octanol–water partition coefficient (Wildman–Crippen LogP) is 7.37. The molecule has 0 atom stereocenters. The topological polar surface area (TPSA) is 70.3 Å². The maximum Gasteiger partial charge on any atom is 0.189 e. The number of thioether (sulfide) groups is 2. The van der Waals surface area contributed by atoms with Crippen LogP contribution in [0.5, 0.6) is 5.75 Å². The Balaban J connectivity index is 1.52. The summed E-state index contributed by atoms with van der Waals surface area (Å²) in [7, 11) is 1.68. The highest BCUT2D eigenvalue weighted by atomic mass is 32.2. The molecule has 0 fully saturated rings. The summed E-state index contributed by atoms with van der Waals surface area (Å²) in [5.74, 6) is 2.43. The molecule has 6 rings (SSSR count). The van der Waals surface area contributed by atoms with Gasteiger partial charge in [0.15, 0.2) is 10.9 Å². The second kappa shape index (κ2) is 9.37. The fourth-order valence-electron chi connectivity index (χ4n) is 4.51. The molecule has 0 aliphatic carbocycles. The van der Waals surface area contributed by atoms with E-state index >= 15 is 0 Å². The molecule has 0 unspecified atom stereocenters. The Morgan fingerprint density at radius 2 is 1.92 bits per heavy atom. The van der Waals surface area contributed by atoms with E-state index in [2.05, 4.69) is 26.0 Å². The lowest BCUT2D eigenvalue weighted by Crippen LogP contribution is -2.32. The highest BCUT2D eigenvalue weighted by Gasteiger charge is 2.32. The molecule has 0 saturated heterocycles. The van der Waals surface area contributed by atoms with E-state index in [-0.39, 0.29) is 5.60 Å². The number of thiophene rings is 1. The number of fused-ring (bicyclic) bond motifs is 5. The molecule has 0 spiro atoms. The summed E-state index contributed by atoms with van der Waals surface area (Å²) in [6.07, 6.45) is 4.50. The molecule has 0 saturated carbocycles. The molecule has 5 heterocycles. The number of pyridine rings is 1. The maximum absolute atomic E-state index is 6.21. The molecular weight excluding hydrogens is 511 g/mol. The second-order valence-corrected chi connectivity index (χ2v) is 12.0. The van der Waals surface area contributed by atoms with E-state index in [0.717, 1.165) is 65.6 Å². The van der Waals surface area contributed by atoms with Gasteiger partial charge in [0.2, 0.25) is 0 Å². The third kappa shape index (κ3) is 4.28. The number of furan rings is 1. The van der Waals surface area contributed by atoms with Gasteiger partial charge in [0.05, 0.1) is 35.8 Å². The Morgan fingerprint density at radius 1 is 1.08 bits per heavy atom. The normalized spacial score (nSPS) is 14.9. The van der Waals surface area contributed by atoms with E-state index < -0.39 is 0 Å². The lowest BCUT2D eigenvalue weighted by atomic mass is 9.89. The molecule has 184 valence electrons. The van der Waals surface area contributed by atoms with Crippen molar-refractivity contribution in [3.05, 3.63) is 59.4 Å². The zero-order valence-corrected chi connectivity index (χ0v) is 22.9. The minimum atomic E-state index is -0.267. The number of nitrogens with zero attached hydrogens (tertiary/aromatic N) is 3. The summed E-state index contributed by atoms with van der Waals surface area (Å²) >= 11 is 4.97. The Morgan fingerprint density at radius 3 is 2.64 bits per heavy atom. The number of ether oxygens (including phenoxy) is 2. The van der Waals surface area contributed by atoms with Gasteiger partial charge in [0, 0.05) is 23.1 Å². The van der Waals surface area contributed by atoms with Crippen molar-refractivity contribution < 1.29 is 13.9 Å². The zero-order chi connectivity index (χ0) is 24.9. The lowest BCUT2D eigenvalue weighted by molar-refractivity contribution is -0.0395. The van der Waals surface area contributed by atoms with Crippen LogP contribution in [0, 0.1) is 0 Å². The summed E-state index contributed by atoms with van der Waals surface area (Å²) < 4.78 is 18.4. The highest BCUT2D eigenvalue weighted by molar-refractivity contribution is 7.99. The predicted molar refractivity (Wildman–Crippen MR) is 147 cm³/mol. The maximum atomic E-state index is 6.21. The van der Waals surface area contributed by atoms with Crippen LogP contribution in [0.4, 0.5) is 0 Å². The smallest absolute Gasteiger partial charge is 0.189 e. The van der Waals surface area contributed by atoms with Crippen LogP contribution >= 0.6 is 34.9 Å². The number of methoxy groups -OCH3 is 1. The first-order valence-corrected chi connectivity index (χ1v) is 14.6. The van der Waals surface area contributed by atoms with E-state index in [1.807, 2.05) is 30.5 Å². The highest BCUT2D eigenvalue weighted by Crippen LogP contribution is 2.45. The zero-order valence-electron chi connectivity index (χ0n) is 20.5. The van der Waals surface area contributed by atoms with E-state index in [1.54, 1.807) is 48.2 Å². The van der Waals surface area contributed by atoms with Crippen molar-refractivity contribution in [3.63, 3.8) is 0 Å². The summed E-state index contributed by atoms with van der Waals surface area (Å²) in [5, 5.41) is 2.89. The van der Waals surface area contributed by atoms with Crippen LogP contribution in [0.2, 0.25) is 0 Å². The quantitative estimate of drug-likeness (QED) is 0.127. The summed E-state index contributed by atoms with van der Waals surface area (Å²) in [5.41, 5.74) is 5.14. The third-order valence-corrected chi connectivity index (χ3v) is 9.11. The summed E-state index contributed by atoms with van der Waals surface area (Å²) in [6, 6.07) is 12.0. The van der Waals surface area contributed by atoms with Gasteiger partial charge in [-0.1, -0.05) is 23.9 Å². The number of rotatable bonds is 6. The molecule has 0 bridgehead atoms. The van der Waals surface area contributed by atoms with Crippen molar-refractivity contribution >= 4 is 55.3 Å². The van der Waals surface area contributed by atoms with Gasteiger partial charge < -0.3 is 13.9 Å². The Hall–Kier alpha value is -2.59. The van der Waals surface area contributed by atoms with Crippen LogP contribution in [-0.2, 0) is 23.5 Å². The van der Waals surface area contributed by atoms with Crippen molar-refractivity contribution in [2.24, 2.45) is 0 Å². The summed E-state index contributed by atoms with van der Waals surface area (Å²) in [6.45, 7) is 4.78. The Kier molecular flexibility index (Phi) is 6.19. The van der Waals surface area contributed by atoms with Gasteiger partial charge in [-0.15, -0.1) is 23.1 Å². The van der Waals surface area contributed by atoms with Crippen LogP contribution in [0.25, 0.3) is 31.9 Å². The number of hydrogen-bond donors (Lipinski definition) is 0. The van der Waals surface area contributed by atoms with Gasteiger partial charge in [-0.25, -0.2) is 15.0 Å². The van der Waals surface area contributed by atoms with Gasteiger partial charge in [0.1, 0.15) is 21.3 Å². The van der Waals surface area contributed by atoms with E-state index in [0.29, 0.717) is 6.61 Å². The molecule has 1 aliphatic rings. The molecule has 0 amide bonds. The van der Waals surface area contributed by atoms with Gasteiger partial charge in [-0.3, -0.25) is 0 Å². The van der Waals surface area contributed by atoms with Crippen LogP contribution in [0.3, 0.4) is 0 Å². The van der Waals surface area contributed by atoms with Gasteiger partial charge in [-0.05, 0) is 55.5 Å². The Labute approximate surface area is 221 Å². The Bertz CT molecular complexity index is 1560. The molecule has 5 aromatic rings. The molecule has 0 N–H and O–H groups in total. The van der Waals surface area contributed by atoms with Crippen LogP contribution < -0.4 is 4.74 Å². The van der Waals surface area contributed by atoms with Crippen molar-refractivity contribution in [2.45, 2.75) is 48.4 Å². The molecule has 1 aromatic carbocycles. The third-order valence-electron chi connectivity index (χ3n) is 6.31. The standard InChI is InChI=1S/C27H25N3O3S3/c1-27(2)12-17-18(13-33-27)21(19-6-5-11-32-19)28-24-20(17)22-23(36-24)25(30-26(29-22)34-4)35-14-15-7-9-16(31-3)10-8-15/h5-11H,12-14H2,1-4H3. The molecular formula is C27H25N3O3S3. The molecule has 6 nitrogen and oxygen atoms in total. The lowest BCUT2D eigenvalue weighted by Gasteiger charge is -2.32. The van der Waals surface area contributed by atoms with E-state index in [1.165, 1.54) is 11.1 Å². The van der Waals surface area contributed by atoms with E-state index in [9.17, 15) is 0 Å². The fraction of sp³-hybridized carbons (Fsp3) is 0.296.